The second-order valence-corrected chi connectivity index (χ2v) is 9.52. The van der Waals surface area contributed by atoms with Gasteiger partial charge < -0.3 is 9.47 Å². The Morgan fingerprint density at radius 2 is 1.72 bits per heavy atom. The quantitative estimate of drug-likeness (QED) is 0.471. The molecule has 0 unspecified atom stereocenters. The molecule has 13 heteroatoms. The molecule has 1 saturated heterocycles. The van der Waals surface area contributed by atoms with Gasteiger partial charge in [0.2, 0.25) is 21.7 Å². The van der Waals surface area contributed by atoms with E-state index in [2.05, 4.69) is 9.97 Å². The Bertz CT molecular complexity index is 1330. The second kappa shape index (κ2) is 10.5. The molecule has 3 aromatic rings. The van der Waals surface area contributed by atoms with Crippen LogP contribution in [0, 0.1) is 5.82 Å². The van der Waals surface area contributed by atoms with Gasteiger partial charge in [-0.05, 0) is 42.0 Å². The van der Waals surface area contributed by atoms with Gasteiger partial charge in [0.25, 0.3) is 0 Å². The summed E-state index contributed by atoms with van der Waals surface area (Å²) in [5, 5.41) is 5.26. The van der Waals surface area contributed by atoms with E-state index in [-0.39, 0.29) is 33.9 Å². The molecule has 0 spiro atoms. The van der Waals surface area contributed by atoms with E-state index in [1.165, 1.54) is 36.4 Å². The number of ether oxygens (including phenoxy) is 2. The van der Waals surface area contributed by atoms with Crippen LogP contribution in [0.5, 0.6) is 5.88 Å². The van der Waals surface area contributed by atoms with Crippen LogP contribution >= 0.6 is 0 Å². The molecule has 1 aromatic heterocycles. The Morgan fingerprint density at radius 1 is 1.03 bits per heavy atom. The highest BCUT2D eigenvalue weighted by Crippen LogP contribution is 2.40. The van der Waals surface area contributed by atoms with Crippen molar-refractivity contribution in [3.63, 3.8) is 0 Å². The molecule has 0 bridgehead atoms. The van der Waals surface area contributed by atoms with Gasteiger partial charge in [-0.1, -0.05) is 12.1 Å². The van der Waals surface area contributed by atoms with Crippen LogP contribution < -0.4 is 9.88 Å². The van der Waals surface area contributed by atoms with Crippen molar-refractivity contribution in [2.75, 3.05) is 39.5 Å². The van der Waals surface area contributed by atoms with Crippen molar-refractivity contribution in [2.24, 2.45) is 5.14 Å². The number of benzene rings is 2. The zero-order valence-corrected chi connectivity index (χ0v) is 19.7. The maximum atomic E-state index is 13.7. The standard InChI is InChI=1S/C23H22F4N4O4S/c24-17-6-4-15(5-7-17)20-19(16-2-1-3-18(14-16)36(28,32)33)21(30-22(29-20)23(25,26)27)35-13-10-31-8-11-34-12-9-31/h1-7,14H,8-13H2,(H2,28,32,33). The number of hydrogen-bond donors (Lipinski definition) is 1. The normalized spacial score (nSPS) is 15.1. The van der Waals surface area contributed by atoms with Gasteiger partial charge in [-0.3, -0.25) is 4.90 Å². The Balaban J connectivity index is 1.86. The van der Waals surface area contributed by atoms with Crippen molar-refractivity contribution in [1.29, 1.82) is 0 Å². The summed E-state index contributed by atoms with van der Waals surface area (Å²) >= 11 is 0. The smallest absolute Gasteiger partial charge is 0.451 e. The van der Waals surface area contributed by atoms with Crippen LogP contribution in [-0.2, 0) is 20.9 Å². The van der Waals surface area contributed by atoms with Crippen molar-refractivity contribution in [3.8, 4) is 28.3 Å². The summed E-state index contributed by atoms with van der Waals surface area (Å²) in [6, 6.07) is 10.00. The molecule has 2 N–H and O–H groups in total. The molecule has 192 valence electrons. The molecular weight excluding hydrogens is 504 g/mol. The average molecular weight is 527 g/mol. The Morgan fingerprint density at radius 3 is 2.36 bits per heavy atom. The van der Waals surface area contributed by atoms with E-state index in [1.807, 2.05) is 4.90 Å². The number of hydrogen-bond acceptors (Lipinski definition) is 7. The summed E-state index contributed by atoms with van der Waals surface area (Å²) in [6.07, 6.45) is -4.90. The molecule has 0 radical (unpaired) electrons. The van der Waals surface area contributed by atoms with E-state index < -0.39 is 33.7 Å². The van der Waals surface area contributed by atoms with Gasteiger partial charge in [-0.25, -0.2) is 22.9 Å². The van der Waals surface area contributed by atoms with Gasteiger partial charge >= 0.3 is 6.18 Å². The molecule has 1 aliphatic rings. The molecular formula is C23H22F4N4O4S. The monoisotopic (exact) mass is 526 g/mol. The van der Waals surface area contributed by atoms with Crippen LogP contribution in [0.3, 0.4) is 0 Å². The number of aromatic nitrogens is 2. The van der Waals surface area contributed by atoms with E-state index >= 15 is 0 Å². The van der Waals surface area contributed by atoms with Crippen molar-refractivity contribution in [1.82, 2.24) is 14.9 Å². The first-order valence-electron chi connectivity index (χ1n) is 10.8. The summed E-state index contributed by atoms with van der Waals surface area (Å²) in [5.74, 6) is -2.44. The van der Waals surface area contributed by atoms with Crippen LogP contribution in [0.25, 0.3) is 22.4 Å². The van der Waals surface area contributed by atoms with E-state index in [4.69, 9.17) is 14.6 Å². The Labute approximate surface area is 204 Å². The Kier molecular flexibility index (Phi) is 7.54. The van der Waals surface area contributed by atoms with Gasteiger partial charge in [-0.15, -0.1) is 0 Å². The third-order valence-electron chi connectivity index (χ3n) is 5.45. The fraction of sp³-hybridized carbons (Fsp3) is 0.304. The van der Waals surface area contributed by atoms with Gasteiger partial charge in [0.15, 0.2) is 0 Å². The molecule has 36 heavy (non-hydrogen) atoms. The predicted octanol–water partition coefficient (Wildman–Crippen LogP) is 3.33. The van der Waals surface area contributed by atoms with Crippen molar-refractivity contribution >= 4 is 10.0 Å². The van der Waals surface area contributed by atoms with Crippen LogP contribution in [-0.4, -0.2) is 62.7 Å². The molecule has 1 fully saturated rings. The number of alkyl halides is 3. The maximum absolute atomic E-state index is 13.7. The highest BCUT2D eigenvalue weighted by molar-refractivity contribution is 7.89. The van der Waals surface area contributed by atoms with E-state index in [1.54, 1.807) is 0 Å². The minimum absolute atomic E-state index is 0.000946. The SMILES string of the molecule is NS(=O)(=O)c1cccc(-c2c(OCCN3CCOCC3)nc(C(F)(F)F)nc2-c2ccc(F)cc2)c1. The fourth-order valence-electron chi connectivity index (χ4n) is 3.67. The number of rotatable bonds is 7. The lowest BCUT2D eigenvalue weighted by molar-refractivity contribution is -0.145. The molecule has 0 aliphatic carbocycles. The number of primary sulfonamides is 1. The summed E-state index contributed by atoms with van der Waals surface area (Å²) in [6.45, 7) is 2.75. The van der Waals surface area contributed by atoms with E-state index in [0.717, 1.165) is 12.1 Å². The number of halogens is 4. The number of morpholine rings is 1. The van der Waals surface area contributed by atoms with Crippen LogP contribution in [0.15, 0.2) is 53.4 Å². The average Bonchev–Trinajstić information content (AvgIpc) is 2.84. The lowest BCUT2D eigenvalue weighted by atomic mass is 10.00. The number of nitrogens with zero attached hydrogens (tertiary/aromatic N) is 3. The molecule has 0 amide bonds. The maximum Gasteiger partial charge on any atom is 0.451 e. The number of nitrogens with two attached hydrogens (primary N) is 1. The molecule has 8 nitrogen and oxygen atoms in total. The van der Waals surface area contributed by atoms with E-state index in [9.17, 15) is 26.0 Å². The minimum atomic E-state index is -4.90. The van der Waals surface area contributed by atoms with Crippen LogP contribution in [0.2, 0.25) is 0 Å². The van der Waals surface area contributed by atoms with Crippen molar-refractivity contribution < 1.29 is 35.5 Å². The second-order valence-electron chi connectivity index (χ2n) is 7.96. The summed E-state index contributed by atoms with van der Waals surface area (Å²) < 4.78 is 89.7. The van der Waals surface area contributed by atoms with Crippen molar-refractivity contribution in [2.45, 2.75) is 11.1 Å². The number of sulfonamides is 1. The lowest BCUT2D eigenvalue weighted by Gasteiger charge is -2.26. The first kappa shape index (κ1) is 25.9. The lowest BCUT2D eigenvalue weighted by Crippen LogP contribution is -2.38. The molecule has 4 rings (SSSR count). The largest absolute Gasteiger partial charge is 0.476 e. The van der Waals surface area contributed by atoms with Gasteiger partial charge in [0.1, 0.15) is 12.4 Å². The molecule has 2 heterocycles. The molecule has 0 atom stereocenters. The van der Waals surface area contributed by atoms with Crippen LogP contribution in [0.1, 0.15) is 5.82 Å². The first-order chi connectivity index (χ1) is 17.0. The van der Waals surface area contributed by atoms with Gasteiger partial charge in [0.05, 0.1) is 29.4 Å². The zero-order chi connectivity index (χ0) is 25.9. The van der Waals surface area contributed by atoms with E-state index in [0.29, 0.717) is 32.8 Å². The zero-order valence-electron chi connectivity index (χ0n) is 18.8. The molecule has 1 aliphatic heterocycles. The highest BCUT2D eigenvalue weighted by Gasteiger charge is 2.37. The van der Waals surface area contributed by atoms with Gasteiger partial charge in [0, 0.05) is 25.2 Å². The fourth-order valence-corrected chi connectivity index (χ4v) is 4.23. The molecule has 0 saturated carbocycles. The molecule has 2 aromatic carbocycles. The first-order valence-corrected chi connectivity index (χ1v) is 12.4. The third-order valence-corrected chi connectivity index (χ3v) is 6.36. The Hall–Kier alpha value is -3.13. The summed E-state index contributed by atoms with van der Waals surface area (Å²) in [4.78, 5) is 9.13. The van der Waals surface area contributed by atoms with Gasteiger partial charge in [-0.2, -0.15) is 18.2 Å². The highest BCUT2D eigenvalue weighted by atomic mass is 32.2. The summed E-state index contributed by atoms with van der Waals surface area (Å²) in [7, 11) is -4.12. The van der Waals surface area contributed by atoms with Crippen LogP contribution in [0.4, 0.5) is 17.6 Å². The predicted molar refractivity (Wildman–Crippen MR) is 122 cm³/mol. The minimum Gasteiger partial charge on any atom is -0.476 e. The van der Waals surface area contributed by atoms with Crippen molar-refractivity contribution in [3.05, 3.63) is 60.2 Å². The summed E-state index contributed by atoms with van der Waals surface area (Å²) in [5.41, 5.74) is 0.127. The third kappa shape index (κ3) is 6.16. The topological polar surface area (TPSA) is 108 Å².